The molecule has 0 N–H and O–H groups in total. The van der Waals surface area contributed by atoms with Crippen LogP contribution in [-0.4, -0.2) is 44.7 Å². The van der Waals surface area contributed by atoms with Gasteiger partial charge in [-0.2, -0.15) is 0 Å². The molecule has 1 rings (SSSR count). The van der Waals surface area contributed by atoms with E-state index >= 15 is 0 Å². The highest BCUT2D eigenvalue weighted by Gasteiger charge is 2.07. The molecule has 0 bridgehead atoms. The van der Waals surface area contributed by atoms with Crippen LogP contribution in [0.15, 0.2) is 24.3 Å². The Bertz CT molecular complexity index is 353. The fourth-order valence-electron chi connectivity index (χ4n) is 1.19. The highest BCUT2D eigenvalue weighted by Crippen LogP contribution is 2.10. The van der Waals surface area contributed by atoms with E-state index in [1.165, 1.54) is 24.1 Å². The number of rotatable bonds is 6. The molecule has 0 radical (unpaired) electrons. The summed E-state index contributed by atoms with van der Waals surface area (Å²) in [6.07, 6.45) is 0. The van der Waals surface area contributed by atoms with Gasteiger partial charge in [-0.15, -0.1) is 0 Å². The number of hydrogen-bond acceptors (Lipinski definition) is 3. The Morgan fingerprint density at radius 1 is 1.35 bits per heavy atom. The Balaban J connectivity index is 2.27. The normalized spacial score (nSPS) is 10.1. The SMILES string of the molecule is COCC(=O)N(C)CCOc1ccc(F)cc1. The van der Waals surface area contributed by atoms with Crippen molar-refractivity contribution in [1.82, 2.24) is 4.90 Å². The summed E-state index contributed by atoms with van der Waals surface area (Å²) in [6.45, 7) is 0.879. The van der Waals surface area contributed by atoms with Gasteiger partial charge in [-0.05, 0) is 24.3 Å². The van der Waals surface area contributed by atoms with Crippen LogP contribution in [0.3, 0.4) is 0 Å². The van der Waals surface area contributed by atoms with Crippen LogP contribution in [0.5, 0.6) is 5.75 Å². The maximum atomic E-state index is 12.6. The summed E-state index contributed by atoms with van der Waals surface area (Å²) < 4.78 is 22.7. The zero-order valence-electron chi connectivity index (χ0n) is 9.98. The van der Waals surface area contributed by atoms with Crippen molar-refractivity contribution in [1.29, 1.82) is 0 Å². The molecule has 17 heavy (non-hydrogen) atoms. The lowest BCUT2D eigenvalue weighted by molar-refractivity contribution is -0.134. The summed E-state index contributed by atoms with van der Waals surface area (Å²) in [5.74, 6) is 0.180. The minimum absolute atomic E-state index is 0.0625. The summed E-state index contributed by atoms with van der Waals surface area (Å²) in [4.78, 5) is 12.8. The number of hydrogen-bond donors (Lipinski definition) is 0. The number of carbonyl (C=O) groups is 1. The van der Waals surface area contributed by atoms with Gasteiger partial charge in [-0.25, -0.2) is 4.39 Å². The second-order valence-electron chi connectivity index (χ2n) is 3.55. The first kappa shape index (κ1) is 13.4. The van der Waals surface area contributed by atoms with E-state index in [2.05, 4.69) is 0 Å². The number of carbonyl (C=O) groups excluding carboxylic acids is 1. The monoisotopic (exact) mass is 241 g/mol. The average molecular weight is 241 g/mol. The molecule has 5 heteroatoms. The van der Waals surface area contributed by atoms with Crippen molar-refractivity contribution in [2.45, 2.75) is 0 Å². The van der Waals surface area contributed by atoms with Crippen molar-refractivity contribution >= 4 is 5.91 Å². The van der Waals surface area contributed by atoms with E-state index in [4.69, 9.17) is 9.47 Å². The van der Waals surface area contributed by atoms with E-state index in [9.17, 15) is 9.18 Å². The van der Waals surface area contributed by atoms with Gasteiger partial charge in [0.05, 0.1) is 6.54 Å². The first-order valence-electron chi connectivity index (χ1n) is 5.24. The number of amides is 1. The van der Waals surface area contributed by atoms with Crippen molar-refractivity contribution < 1.29 is 18.7 Å². The molecule has 0 unspecified atom stereocenters. The molecule has 0 aromatic heterocycles. The first-order chi connectivity index (χ1) is 8.13. The summed E-state index contributed by atoms with van der Waals surface area (Å²) in [7, 11) is 3.15. The van der Waals surface area contributed by atoms with Gasteiger partial charge >= 0.3 is 0 Å². The van der Waals surface area contributed by atoms with Crippen LogP contribution >= 0.6 is 0 Å². The van der Waals surface area contributed by atoms with E-state index in [-0.39, 0.29) is 18.3 Å². The number of nitrogens with zero attached hydrogens (tertiary/aromatic N) is 1. The fourth-order valence-corrected chi connectivity index (χ4v) is 1.19. The molecule has 0 atom stereocenters. The van der Waals surface area contributed by atoms with Gasteiger partial charge in [-0.1, -0.05) is 0 Å². The highest BCUT2D eigenvalue weighted by molar-refractivity contribution is 5.77. The molecule has 0 fully saturated rings. The van der Waals surface area contributed by atoms with Gasteiger partial charge in [0.1, 0.15) is 24.8 Å². The first-order valence-corrected chi connectivity index (χ1v) is 5.24. The van der Waals surface area contributed by atoms with Crippen molar-refractivity contribution in [2.75, 3.05) is 33.9 Å². The van der Waals surface area contributed by atoms with E-state index in [0.717, 1.165) is 0 Å². The Labute approximate surface area is 99.9 Å². The number of halogens is 1. The Kier molecular flexibility index (Phi) is 5.42. The van der Waals surface area contributed by atoms with Gasteiger partial charge in [0.25, 0.3) is 0 Å². The van der Waals surface area contributed by atoms with Gasteiger partial charge in [-0.3, -0.25) is 4.79 Å². The average Bonchev–Trinajstić information content (AvgIpc) is 2.32. The van der Waals surface area contributed by atoms with E-state index in [1.54, 1.807) is 19.2 Å². The molecule has 0 saturated heterocycles. The number of methoxy groups -OCH3 is 1. The minimum Gasteiger partial charge on any atom is -0.492 e. The number of likely N-dealkylation sites (N-methyl/N-ethyl adjacent to an activating group) is 1. The van der Waals surface area contributed by atoms with E-state index in [0.29, 0.717) is 18.9 Å². The molecular weight excluding hydrogens is 225 g/mol. The minimum atomic E-state index is -0.301. The largest absolute Gasteiger partial charge is 0.492 e. The molecule has 1 aromatic rings. The summed E-state index contributed by atoms with van der Waals surface area (Å²) >= 11 is 0. The van der Waals surface area contributed by atoms with E-state index < -0.39 is 0 Å². The molecule has 94 valence electrons. The van der Waals surface area contributed by atoms with Gasteiger partial charge in [0, 0.05) is 14.2 Å². The predicted molar refractivity (Wildman–Crippen MR) is 61.4 cm³/mol. The zero-order chi connectivity index (χ0) is 12.7. The summed E-state index contributed by atoms with van der Waals surface area (Å²) in [6, 6.07) is 5.75. The third-order valence-electron chi connectivity index (χ3n) is 2.20. The van der Waals surface area contributed by atoms with Crippen molar-refractivity contribution in [3.05, 3.63) is 30.1 Å². The molecule has 0 aliphatic carbocycles. The lowest BCUT2D eigenvalue weighted by Gasteiger charge is -2.16. The van der Waals surface area contributed by atoms with Crippen LogP contribution in [-0.2, 0) is 9.53 Å². The van der Waals surface area contributed by atoms with Crippen LogP contribution in [0.25, 0.3) is 0 Å². The standard InChI is InChI=1S/C12H16FNO3/c1-14(12(15)9-16-2)7-8-17-11-5-3-10(13)4-6-11/h3-6H,7-9H2,1-2H3. The molecular formula is C12H16FNO3. The van der Waals surface area contributed by atoms with Crippen molar-refractivity contribution in [2.24, 2.45) is 0 Å². The van der Waals surface area contributed by atoms with Crippen LogP contribution in [0.4, 0.5) is 4.39 Å². The number of benzene rings is 1. The molecule has 0 heterocycles. The Hall–Kier alpha value is -1.62. The molecule has 0 aliphatic rings. The fraction of sp³-hybridized carbons (Fsp3) is 0.417. The van der Waals surface area contributed by atoms with Gasteiger partial charge < -0.3 is 14.4 Å². The molecule has 0 aliphatic heterocycles. The van der Waals surface area contributed by atoms with Crippen LogP contribution in [0.1, 0.15) is 0 Å². The summed E-state index contributed by atoms with van der Waals surface area (Å²) in [5, 5.41) is 0. The van der Waals surface area contributed by atoms with Crippen LogP contribution in [0.2, 0.25) is 0 Å². The second kappa shape index (κ2) is 6.85. The quantitative estimate of drug-likeness (QED) is 0.753. The third-order valence-corrected chi connectivity index (χ3v) is 2.20. The van der Waals surface area contributed by atoms with Gasteiger partial charge in [0.15, 0.2) is 0 Å². The smallest absolute Gasteiger partial charge is 0.248 e. The van der Waals surface area contributed by atoms with Crippen LogP contribution < -0.4 is 4.74 Å². The lowest BCUT2D eigenvalue weighted by atomic mass is 10.3. The predicted octanol–water partition coefficient (Wildman–Crippen LogP) is 1.31. The zero-order valence-corrected chi connectivity index (χ0v) is 9.98. The molecule has 4 nitrogen and oxygen atoms in total. The lowest BCUT2D eigenvalue weighted by Crippen LogP contribution is -2.33. The topological polar surface area (TPSA) is 38.8 Å². The van der Waals surface area contributed by atoms with E-state index in [1.807, 2.05) is 0 Å². The molecule has 1 amide bonds. The van der Waals surface area contributed by atoms with Crippen molar-refractivity contribution in [3.63, 3.8) is 0 Å². The summed E-state index contributed by atoms with van der Waals surface area (Å²) in [5.41, 5.74) is 0. The molecule has 1 aromatic carbocycles. The molecule has 0 saturated carbocycles. The van der Waals surface area contributed by atoms with Crippen LogP contribution in [0, 0.1) is 5.82 Å². The maximum absolute atomic E-state index is 12.6. The highest BCUT2D eigenvalue weighted by atomic mass is 19.1. The third kappa shape index (κ3) is 4.82. The molecule has 0 spiro atoms. The van der Waals surface area contributed by atoms with Gasteiger partial charge in [0.2, 0.25) is 5.91 Å². The maximum Gasteiger partial charge on any atom is 0.248 e. The second-order valence-corrected chi connectivity index (χ2v) is 3.55. The number of ether oxygens (including phenoxy) is 2. The Morgan fingerprint density at radius 3 is 2.59 bits per heavy atom. The Morgan fingerprint density at radius 2 is 2.00 bits per heavy atom. The van der Waals surface area contributed by atoms with Crippen molar-refractivity contribution in [3.8, 4) is 5.75 Å².